The molecule has 1 heterocycles. The first kappa shape index (κ1) is 19.9. The Labute approximate surface area is 174 Å². The molecule has 0 bridgehead atoms. The molecule has 0 aromatic rings. The fraction of sp³-hybridized carbons (Fsp3) is 1.00. The maximum absolute atomic E-state index is 6.02. The quantitative estimate of drug-likeness (QED) is 0.446. The second-order valence-corrected chi connectivity index (χ2v) is 12.8. The number of rotatable bonds is 5. The fourth-order valence-corrected chi connectivity index (χ4v) is 9.54. The first-order valence-electron chi connectivity index (χ1n) is 13.0. The molecule has 1 nitrogen and oxygen atoms in total. The van der Waals surface area contributed by atoms with Crippen LogP contribution in [-0.4, -0.2) is 12.2 Å². The minimum atomic E-state index is 0.600. The molecule has 0 N–H and O–H groups in total. The van der Waals surface area contributed by atoms with E-state index in [1.807, 2.05) is 0 Å². The number of epoxide rings is 1. The van der Waals surface area contributed by atoms with E-state index in [0.29, 0.717) is 23.0 Å². The molecule has 5 rings (SSSR count). The van der Waals surface area contributed by atoms with Crippen molar-refractivity contribution in [3.8, 4) is 0 Å². The van der Waals surface area contributed by atoms with Crippen LogP contribution >= 0.6 is 0 Å². The number of hydrogen-bond acceptors (Lipinski definition) is 1. The van der Waals surface area contributed by atoms with Crippen LogP contribution in [-0.2, 0) is 4.74 Å². The highest BCUT2D eigenvalue weighted by Gasteiger charge is 2.63. The molecule has 10 atom stereocenters. The van der Waals surface area contributed by atoms with Gasteiger partial charge >= 0.3 is 0 Å². The minimum Gasteiger partial charge on any atom is -0.370 e. The highest BCUT2D eigenvalue weighted by molar-refractivity contribution is 5.12. The van der Waals surface area contributed by atoms with Gasteiger partial charge in [0, 0.05) is 0 Å². The molecule has 1 saturated heterocycles. The Hall–Kier alpha value is -0.0400. The van der Waals surface area contributed by atoms with Crippen molar-refractivity contribution in [1.29, 1.82) is 0 Å². The smallest absolute Gasteiger partial charge is 0.0847 e. The van der Waals surface area contributed by atoms with Gasteiger partial charge in [-0.3, -0.25) is 0 Å². The van der Waals surface area contributed by atoms with Gasteiger partial charge in [-0.2, -0.15) is 0 Å². The summed E-state index contributed by atoms with van der Waals surface area (Å²) in [7, 11) is 0. The van der Waals surface area contributed by atoms with Gasteiger partial charge in [0.05, 0.1) is 12.2 Å². The van der Waals surface area contributed by atoms with Crippen molar-refractivity contribution in [1.82, 2.24) is 0 Å². The minimum absolute atomic E-state index is 0.600. The topological polar surface area (TPSA) is 12.5 Å². The lowest BCUT2D eigenvalue weighted by Crippen LogP contribution is -2.54. The van der Waals surface area contributed by atoms with Crippen molar-refractivity contribution in [3.05, 3.63) is 0 Å². The van der Waals surface area contributed by atoms with Gasteiger partial charge in [-0.05, 0) is 104 Å². The van der Waals surface area contributed by atoms with Gasteiger partial charge in [0.1, 0.15) is 0 Å². The summed E-state index contributed by atoms with van der Waals surface area (Å²) in [5, 5.41) is 0. The molecule has 0 aromatic heterocycles. The van der Waals surface area contributed by atoms with Crippen LogP contribution in [0.25, 0.3) is 0 Å². The van der Waals surface area contributed by atoms with Crippen molar-refractivity contribution in [2.24, 2.45) is 52.3 Å². The van der Waals surface area contributed by atoms with Gasteiger partial charge < -0.3 is 4.74 Å². The van der Waals surface area contributed by atoms with E-state index in [0.717, 1.165) is 41.4 Å². The lowest BCUT2D eigenvalue weighted by molar-refractivity contribution is -0.110. The number of fused-ring (bicyclic) bond motifs is 6. The van der Waals surface area contributed by atoms with Crippen LogP contribution < -0.4 is 0 Å². The lowest BCUT2D eigenvalue weighted by Gasteiger charge is -2.60. The molecule has 4 aliphatic carbocycles. The van der Waals surface area contributed by atoms with Gasteiger partial charge in [-0.25, -0.2) is 0 Å². The Morgan fingerprint density at radius 2 is 1.64 bits per heavy atom. The maximum atomic E-state index is 6.02. The molecule has 0 aromatic carbocycles. The van der Waals surface area contributed by atoms with E-state index < -0.39 is 0 Å². The predicted molar refractivity (Wildman–Crippen MR) is 117 cm³/mol. The van der Waals surface area contributed by atoms with Crippen LogP contribution in [0, 0.1) is 52.3 Å². The summed E-state index contributed by atoms with van der Waals surface area (Å²) in [6.07, 6.45) is 17.6. The summed E-state index contributed by atoms with van der Waals surface area (Å²) >= 11 is 0. The van der Waals surface area contributed by atoms with Gasteiger partial charge in [-0.1, -0.05) is 53.9 Å². The van der Waals surface area contributed by atoms with Crippen molar-refractivity contribution < 1.29 is 4.74 Å². The van der Waals surface area contributed by atoms with Crippen LogP contribution in [0.3, 0.4) is 0 Å². The Kier molecular flexibility index (Phi) is 4.97. The van der Waals surface area contributed by atoms with Crippen LogP contribution in [0.5, 0.6) is 0 Å². The molecular weight excluding hydrogens is 340 g/mol. The Morgan fingerprint density at radius 3 is 2.43 bits per heavy atom. The average molecular weight is 387 g/mol. The van der Waals surface area contributed by atoms with Crippen molar-refractivity contribution >= 4 is 0 Å². The highest BCUT2D eigenvalue weighted by atomic mass is 16.6. The van der Waals surface area contributed by atoms with E-state index in [1.165, 1.54) is 64.2 Å². The molecule has 0 unspecified atom stereocenters. The van der Waals surface area contributed by atoms with E-state index in [9.17, 15) is 0 Å². The molecule has 1 aliphatic heterocycles. The summed E-state index contributed by atoms with van der Waals surface area (Å²) in [5.74, 6) is 6.84. The summed E-state index contributed by atoms with van der Waals surface area (Å²) in [4.78, 5) is 0. The Balaban J connectivity index is 1.30. The first-order valence-corrected chi connectivity index (χ1v) is 13.0. The van der Waals surface area contributed by atoms with Crippen LogP contribution in [0.4, 0.5) is 0 Å². The zero-order valence-electron chi connectivity index (χ0n) is 19.4. The van der Waals surface area contributed by atoms with E-state index in [2.05, 4.69) is 34.6 Å². The summed E-state index contributed by atoms with van der Waals surface area (Å²) in [5.41, 5.74) is 1.25. The normalized spacial score (nSPS) is 53.1. The van der Waals surface area contributed by atoms with Crippen LogP contribution in [0.2, 0.25) is 0 Å². The maximum Gasteiger partial charge on any atom is 0.0847 e. The molecule has 0 spiro atoms. The van der Waals surface area contributed by atoms with Crippen molar-refractivity contribution in [2.75, 3.05) is 0 Å². The molecule has 28 heavy (non-hydrogen) atoms. The van der Waals surface area contributed by atoms with Gasteiger partial charge in [-0.15, -0.1) is 0 Å². The second-order valence-electron chi connectivity index (χ2n) is 12.8. The average Bonchev–Trinajstić information content (AvgIpc) is 3.27. The fourth-order valence-electron chi connectivity index (χ4n) is 9.54. The third-order valence-corrected chi connectivity index (χ3v) is 11.1. The molecule has 1 heteroatoms. The Bertz CT molecular complexity index is 583. The van der Waals surface area contributed by atoms with Crippen molar-refractivity contribution in [3.63, 3.8) is 0 Å². The Morgan fingerprint density at radius 1 is 0.857 bits per heavy atom. The largest absolute Gasteiger partial charge is 0.370 e. The second kappa shape index (κ2) is 7.00. The van der Waals surface area contributed by atoms with Gasteiger partial charge in [0.15, 0.2) is 0 Å². The molecular formula is C27H46O. The molecule has 0 amide bonds. The summed E-state index contributed by atoms with van der Waals surface area (Å²) in [6, 6.07) is 0. The molecule has 5 aliphatic rings. The molecule has 4 saturated carbocycles. The summed E-state index contributed by atoms with van der Waals surface area (Å²) < 4.78 is 6.02. The zero-order chi connectivity index (χ0) is 19.7. The van der Waals surface area contributed by atoms with E-state index in [-0.39, 0.29) is 0 Å². The number of hydrogen-bond donors (Lipinski definition) is 0. The molecule has 5 fully saturated rings. The third-order valence-electron chi connectivity index (χ3n) is 11.1. The highest BCUT2D eigenvalue weighted by Crippen LogP contribution is 2.69. The number of ether oxygens (including phenoxy) is 1. The first-order chi connectivity index (χ1) is 13.3. The monoisotopic (exact) mass is 386 g/mol. The van der Waals surface area contributed by atoms with Crippen LogP contribution in [0.1, 0.15) is 105 Å². The zero-order valence-corrected chi connectivity index (χ0v) is 19.4. The third kappa shape index (κ3) is 3.04. The van der Waals surface area contributed by atoms with Crippen molar-refractivity contribution in [2.45, 2.75) is 117 Å². The lowest BCUT2D eigenvalue weighted by atomic mass is 9.44. The van der Waals surface area contributed by atoms with Gasteiger partial charge in [0.2, 0.25) is 0 Å². The van der Waals surface area contributed by atoms with E-state index in [1.54, 1.807) is 6.42 Å². The van der Waals surface area contributed by atoms with E-state index >= 15 is 0 Å². The molecule has 160 valence electrons. The summed E-state index contributed by atoms with van der Waals surface area (Å²) in [6.45, 7) is 12.8. The van der Waals surface area contributed by atoms with Gasteiger partial charge in [0.25, 0.3) is 0 Å². The SMILES string of the molecule is CC(C)CCC[C@@H](C)[C@H]1CC[C@H]2[C@@H]3CC[C@H]4C[C@@H]5O[C@@H]5C[C@]4(C)[C@H]3CC[C@]12C. The van der Waals surface area contributed by atoms with E-state index in [4.69, 9.17) is 4.74 Å². The standard InChI is InChI=1S/C27H46O/c1-17(2)7-6-8-18(3)21-11-12-22-20-10-9-19-15-24-25(28-24)16-27(19,5)23(20)13-14-26(21,22)4/h17-25H,6-16H2,1-5H3/t18-,19+,20+,21-,22+,23+,24+,25-,26-,27+/m1/s1. The van der Waals surface area contributed by atoms with Crippen LogP contribution in [0.15, 0.2) is 0 Å². The predicted octanol–water partition coefficient (Wildman–Crippen LogP) is 7.49. The molecule has 0 radical (unpaired) electrons.